The lowest BCUT2D eigenvalue weighted by molar-refractivity contribution is -0.0987. The Labute approximate surface area is 133 Å². The minimum Gasteiger partial charge on any atom is -0.373 e. The zero-order valence-corrected chi connectivity index (χ0v) is 14.4. The summed E-state index contributed by atoms with van der Waals surface area (Å²) >= 11 is 6.41. The molecule has 1 atom stereocenters. The Hall–Kier alpha value is -0.580. The molecule has 1 fully saturated rings. The Kier molecular flexibility index (Phi) is 5.69. The van der Waals surface area contributed by atoms with E-state index in [2.05, 4.69) is 31.2 Å². The molecular formula is C16H28ClN3O. The van der Waals surface area contributed by atoms with Gasteiger partial charge in [0.05, 0.1) is 28.6 Å². The van der Waals surface area contributed by atoms with E-state index in [0.29, 0.717) is 0 Å². The highest BCUT2D eigenvalue weighted by Crippen LogP contribution is 2.44. The number of likely N-dealkylation sites (N-methyl/N-ethyl adjacent to an activating group) is 1. The topological polar surface area (TPSA) is 39.1 Å². The van der Waals surface area contributed by atoms with Gasteiger partial charge in [0.25, 0.3) is 0 Å². The van der Waals surface area contributed by atoms with Gasteiger partial charge in [0.1, 0.15) is 0 Å². The summed E-state index contributed by atoms with van der Waals surface area (Å²) < 4.78 is 8.19. The van der Waals surface area contributed by atoms with Gasteiger partial charge in [-0.2, -0.15) is 5.10 Å². The van der Waals surface area contributed by atoms with Crippen LogP contribution in [-0.2, 0) is 11.8 Å². The van der Waals surface area contributed by atoms with Crippen molar-refractivity contribution >= 4 is 11.6 Å². The van der Waals surface area contributed by atoms with Crippen LogP contribution in [0.25, 0.3) is 0 Å². The van der Waals surface area contributed by atoms with Gasteiger partial charge in [0, 0.05) is 13.7 Å². The summed E-state index contributed by atoms with van der Waals surface area (Å²) in [4.78, 5) is 0. The molecule has 1 N–H and O–H groups in total. The molecule has 1 aromatic rings. The second-order valence-corrected chi connectivity index (χ2v) is 6.58. The number of nitrogens with zero attached hydrogens (tertiary/aromatic N) is 2. The number of rotatable bonds is 6. The van der Waals surface area contributed by atoms with Gasteiger partial charge in [-0.25, -0.2) is 0 Å². The third-order valence-corrected chi connectivity index (χ3v) is 4.99. The van der Waals surface area contributed by atoms with Crippen LogP contribution in [-0.4, -0.2) is 28.5 Å². The first-order valence-electron chi connectivity index (χ1n) is 8.08. The summed E-state index contributed by atoms with van der Waals surface area (Å²) in [5.74, 6) is 0.780. The summed E-state index contributed by atoms with van der Waals surface area (Å²) in [7, 11) is 1.96. The van der Waals surface area contributed by atoms with Crippen LogP contribution in [0.15, 0.2) is 6.20 Å². The minimum absolute atomic E-state index is 0.0925. The average Bonchev–Trinajstić information content (AvgIpc) is 2.79. The van der Waals surface area contributed by atoms with Gasteiger partial charge >= 0.3 is 0 Å². The molecule has 1 saturated carbocycles. The largest absolute Gasteiger partial charge is 0.373 e. The second-order valence-electron chi connectivity index (χ2n) is 6.17. The quantitative estimate of drug-likeness (QED) is 0.870. The molecule has 0 amide bonds. The highest BCUT2D eigenvalue weighted by atomic mass is 35.5. The van der Waals surface area contributed by atoms with E-state index in [-0.39, 0.29) is 11.6 Å². The van der Waals surface area contributed by atoms with Gasteiger partial charge < -0.3 is 10.1 Å². The first-order valence-corrected chi connectivity index (χ1v) is 8.46. The van der Waals surface area contributed by atoms with Crippen molar-refractivity contribution in [1.29, 1.82) is 0 Å². The van der Waals surface area contributed by atoms with Crippen molar-refractivity contribution in [3.8, 4) is 0 Å². The number of hydrogen-bond donors (Lipinski definition) is 1. The maximum atomic E-state index is 6.41. The Balaban J connectivity index is 2.37. The standard InChI is InChI=1S/C16H28ClN3O/c1-5-18-15(14-13(17)11-19-20(14)4)16(21-6-2)9-7-12(3)8-10-16/h11-12,15,18H,5-10H2,1-4H3. The first kappa shape index (κ1) is 16.8. The van der Waals surface area contributed by atoms with Crippen LogP contribution in [0.2, 0.25) is 5.02 Å². The molecule has 120 valence electrons. The smallest absolute Gasteiger partial charge is 0.0892 e. The third-order valence-electron chi connectivity index (χ3n) is 4.70. The van der Waals surface area contributed by atoms with Crippen molar-refractivity contribution in [2.24, 2.45) is 13.0 Å². The fourth-order valence-electron chi connectivity index (χ4n) is 3.54. The van der Waals surface area contributed by atoms with E-state index in [4.69, 9.17) is 16.3 Å². The average molecular weight is 314 g/mol. The number of nitrogens with one attached hydrogen (secondary N) is 1. The summed E-state index contributed by atoms with van der Waals surface area (Å²) in [6, 6.07) is 0.0925. The van der Waals surface area contributed by atoms with E-state index in [1.165, 1.54) is 12.8 Å². The van der Waals surface area contributed by atoms with Crippen LogP contribution in [0.4, 0.5) is 0 Å². The summed E-state index contributed by atoms with van der Waals surface area (Å²) in [6.07, 6.45) is 6.28. The van der Waals surface area contributed by atoms with Crippen LogP contribution >= 0.6 is 11.6 Å². The van der Waals surface area contributed by atoms with E-state index in [1.54, 1.807) is 6.20 Å². The molecule has 0 saturated heterocycles. The summed E-state index contributed by atoms with van der Waals surface area (Å²) in [5, 5.41) is 8.64. The number of ether oxygens (including phenoxy) is 1. The second kappa shape index (κ2) is 7.12. The van der Waals surface area contributed by atoms with Crippen molar-refractivity contribution in [3.63, 3.8) is 0 Å². The van der Waals surface area contributed by atoms with Gasteiger partial charge in [-0.15, -0.1) is 0 Å². The van der Waals surface area contributed by atoms with E-state index >= 15 is 0 Å². The number of aryl methyl sites for hydroxylation is 1. The van der Waals surface area contributed by atoms with Crippen LogP contribution in [0.5, 0.6) is 0 Å². The predicted octanol–water partition coefficient (Wildman–Crippen LogP) is 3.71. The molecule has 0 aliphatic heterocycles. The van der Waals surface area contributed by atoms with E-state index in [9.17, 15) is 0 Å². The lowest BCUT2D eigenvalue weighted by Crippen LogP contribution is -2.49. The van der Waals surface area contributed by atoms with Crippen LogP contribution in [0.3, 0.4) is 0 Å². The fraction of sp³-hybridized carbons (Fsp3) is 0.812. The monoisotopic (exact) mass is 313 g/mol. The van der Waals surface area contributed by atoms with Crippen LogP contribution in [0, 0.1) is 5.92 Å². The van der Waals surface area contributed by atoms with Crippen LogP contribution < -0.4 is 5.32 Å². The van der Waals surface area contributed by atoms with Gasteiger partial charge in [0.2, 0.25) is 0 Å². The highest BCUT2D eigenvalue weighted by Gasteiger charge is 2.44. The fourth-order valence-corrected chi connectivity index (χ4v) is 3.81. The van der Waals surface area contributed by atoms with Crippen molar-refractivity contribution in [2.45, 2.75) is 58.1 Å². The third kappa shape index (κ3) is 3.43. The maximum Gasteiger partial charge on any atom is 0.0892 e. The molecule has 0 spiro atoms. The van der Waals surface area contributed by atoms with Gasteiger partial charge in [0.15, 0.2) is 0 Å². The molecule has 1 unspecified atom stereocenters. The van der Waals surface area contributed by atoms with Gasteiger partial charge in [-0.05, 0) is 45.1 Å². The van der Waals surface area contributed by atoms with Crippen molar-refractivity contribution in [3.05, 3.63) is 16.9 Å². The Morgan fingerprint density at radius 1 is 1.48 bits per heavy atom. The van der Waals surface area contributed by atoms with Gasteiger partial charge in [-0.3, -0.25) is 4.68 Å². The summed E-state index contributed by atoms with van der Waals surface area (Å²) in [6.45, 7) is 8.15. The van der Waals surface area contributed by atoms with Crippen LogP contribution in [0.1, 0.15) is 58.2 Å². The molecule has 1 aliphatic carbocycles. The predicted molar refractivity (Wildman–Crippen MR) is 86.6 cm³/mol. The molecular weight excluding hydrogens is 286 g/mol. The molecule has 1 heterocycles. The van der Waals surface area contributed by atoms with E-state index < -0.39 is 0 Å². The Bertz CT molecular complexity index is 433. The van der Waals surface area contributed by atoms with Crippen molar-refractivity contribution in [1.82, 2.24) is 15.1 Å². The number of hydrogen-bond acceptors (Lipinski definition) is 3. The van der Waals surface area contributed by atoms with E-state index in [0.717, 1.165) is 42.6 Å². The molecule has 21 heavy (non-hydrogen) atoms. The van der Waals surface area contributed by atoms with Gasteiger partial charge in [-0.1, -0.05) is 25.4 Å². The van der Waals surface area contributed by atoms with E-state index in [1.807, 2.05) is 11.7 Å². The molecule has 0 radical (unpaired) electrons. The Morgan fingerprint density at radius 3 is 2.62 bits per heavy atom. The normalized spacial score (nSPS) is 27.8. The Morgan fingerprint density at radius 2 is 2.14 bits per heavy atom. The minimum atomic E-state index is -0.172. The molecule has 1 aliphatic rings. The molecule has 0 bridgehead atoms. The highest BCUT2D eigenvalue weighted by molar-refractivity contribution is 6.31. The molecule has 2 rings (SSSR count). The van der Waals surface area contributed by atoms with Crippen molar-refractivity contribution < 1.29 is 4.74 Å². The lowest BCUT2D eigenvalue weighted by atomic mass is 9.74. The summed E-state index contributed by atoms with van der Waals surface area (Å²) in [5.41, 5.74) is 0.871. The molecule has 5 heteroatoms. The zero-order valence-electron chi connectivity index (χ0n) is 13.7. The zero-order chi connectivity index (χ0) is 15.5. The lowest BCUT2D eigenvalue weighted by Gasteiger charge is -2.45. The van der Waals surface area contributed by atoms with Crippen molar-refractivity contribution in [2.75, 3.05) is 13.2 Å². The molecule has 4 nitrogen and oxygen atoms in total. The first-order chi connectivity index (χ1) is 10.0. The SMILES string of the molecule is CCNC(c1c(Cl)cnn1C)C1(OCC)CCC(C)CC1. The number of halogens is 1. The molecule has 0 aromatic carbocycles. The molecule has 1 aromatic heterocycles. The number of aromatic nitrogens is 2. The maximum absolute atomic E-state index is 6.41.